The molecule has 3 N–H and O–H groups in total. The quantitative estimate of drug-likeness (QED) is 0.754. The molecule has 0 aliphatic carbocycles. The van der Waals surface area contributed by atoms with Gasteiger partial charge in [0.05, 0.1) is 12.8 Å². The van der Waals surface area contributed by atoms with Crippen molar-refractivity contribution >= 4 is 11.7 Å². The van der Waals surface area contributed by atoms with Crippen molar-refractivity contribution in [2.75, 3.05) is 11.9 Å². The lowest BCUT2D eigenvalue weighted by atomic mass is 10.0. The maximum Gasteiger partial charge on any atom is 0.387 e. The molecule has 0 radical (unpaired) electrons. The predicted molar refractivity (Wildman–Crippen MR) is 83.1 cm³/mol. The van der Waals surface area contributed by atoms with Crippen molar-refractivity contribution in [3.05, 3.63) is 47.9 Å². The van der Waals surface area contributed by atoms with E-state index in [4.69, 9.17) is 4.42 Å². The molecule has 130 valence electrons. The number of aliphatic hydroxyl groups is 1. The average Bonchev–Trinajstić information content (AvgIpc) is 3.04. The van der Waals surface area contributed by atoms with Gasteiger partial charge in [0, 0.05) is 11.3 Å². The third-order valence-electron chi connectivity index (χ3n) is 3.39. The summed E-state index contributed by atoms with van der Waals surface area (Å²) in [4.78, 5) is 12.0. The van der Waals surface area contributed by atoms with Gasteiger partial charge in [-0.05, 0) is 38.1 Å². The largest absolute Gasteiger partial charge is 0.466 e. The van der Waals surface area contributed by atoms with E-state index in [-0.39, 0.29) is 12.3 Å². The monoisotopic (exact) mass is 340 g/mol. The number of nitrogens with one attached hydrogen (secondary N) is 2. The number of anilines is 1. The van der Waals surface area contributed by atoms with Gasteiger partial charge >= 0.3 is 12.6 Å². The van der Waals surface area contributed by atoms with Gasteiger partial charge < -0.3 is 24.9 Å². The van der Waals surface area contributed by atoms with E-state index in [1.165, 1.54) is 25.3 Å². The first-order chi connectivity index (χ1) is 11.3. The summed E-state index contributed by atoms with van der Waals surface area (Å²) in [5, 5.41) is 15.3. The van der Waals surface area contributed by atoms with Gasteiger partial charge in [-0.15, -0.1) is 0 Å². The maximum atomic E-state index is 12.3. The molecule has 0 unspecified atom stereocenters. The van der Waals surface area contributed by atoms with Crippen molar-refractivity contribution in [2.45, 2.75) is 26.1 Å². The minimum Gasteiger partial charge on any atom is -0.466 e. The standard InChI is InChI=1S/C16H18F2N2O4/c1-10-11(5-3-6-12(10)24-14(17)18)20-15(21)19-9-16(2,22)13-7-4-8-23-13/h3-8,14,22H,9H2,1-2H3,(H2,19,20,21)/t16-/m0/s1. The van der Waals surface area contributed by atoms with Crippen LogP contribution >= 0.6 is 0 Å². The Kier molecular flexibility index (Phi) is 5.40. The fourth-order valence-corrected chi connectivity index (χ4v) is 2.06. The first-order valence-electron chi connectivity index (χ1n) is 7.15. The van der Waals surface area contributed by atoms with Crippen LogP contribution in [0.4, 0.5) is 19.3 Å². The zero-order valence-corrected chi connectivity index (χ0v) is 13.2. The Labute approximate surface area is 137 Å². The maximum absolute atomic E-state index is 12.3. The molecule has 0 saturated carbocycles. The van der Waals surface area contributed by atoms with Gasteiger partial charge in [0.2, 0.25) is 0 Å². The molecule has 1 aromatic carbocycles. The zero-order chi connectivity index (χ0) is 17.7. The molecule has 6 nitrogen and oxygen atoms in total. The third-order valence-corrected chi connectivity index (χ3v) is 3.39. The average molecular weight is 340 g/mol. The van der Waals surface area contributed by atoms with Crippen LogP contribution in [0.1, 0.15) is 18.2 Å². The Bertz CT molecular complexity index is 687. The van der Waals surface area contributed by atoms with Gasteiger partial charge in [-0.25, -0.2) is 4.79 Å². The van der Waals surface area contributed by atoms with Gasteiger partial charge in [0.15, 0.2) is 0 Å². The minimum atomic E-state index is -2.95. The molecule has 2 rings (SSSR count). The topological polar surface area (TPSA) is 83.7 Å². The van der Waals surface area contributed by atoms with Gasteiger partial charge in [0.1, 0.15) is 17.1 Å². The highest BCUT2D eigenvalue weighted by Gasteiger charge is 2.26. The van der Waals surface area contributed by atoms with Crippen LogP contribution in [0.5, 0.6) is 5.75 Å². The molecule has 2 aromatic rings. The van der Waals surface area contributed by atoms with Crippen LogP contribution in [0, 0.1) is 6.92 Å². The lowest BCUT2D eigenvalue weighted by molar-refractivity contribution is -0.0502. The molecule has 0 spiro atoms. The van der Waals surface area contributed by atoms with Crippen LogP contribution in [-0.4, -0.2) is 24.3 Å². The van der Waals surface area contributed by atoms with Gasteiger partial charge in [-0.2, -0.15) is 8.78 Å². The second-order valence-electron chi connectivity index (χ2n) is 5.37. The van der Waals surface area contributed by atoms with Crippen LogP contribution in [0.25, 0.3) is 0 Å². The molecular formula is C16H18F2N2O4. The summed E-state index contributed by atoms with van der Waals surface area (Å²) in [5.41, 5.74) is -0.690. The van der Waals surface area contributed by atoms with Crippen molar-refractivity contribution in [2.24, 2.45) is 0 Å². The number of hydrogen-bond acceptors (Lipinski definition) is 4. The molecule has 1 heterocycles. The number of rotatable bonds is 6. The van der Waals surface area contributed by atoms with E-state index in [1.807, 2.05) is 0 Å². The molecule has 2 amide bonds. The number of urea groups is 1. The summed E-state index contributed by atoms with van der Waals surface area (Å²) in [5.74, 6) is 0.289. The lowest BCUT2D eigenvalue weighted by Crippen LogP contribution is -2.40. The number of halogens is 2. The first kappa shape index (κ1) is 17.7. The summed E-state index contributed by atoms with van der Waals surface area (Å²) < 4.78 is 34.1. The van der Waals surface area contributed by atoms with Crippen LogP contribution in [0.3, 0.4) is 0 Å². The smallest absolute Gasteiger partial charge is 0.387 e. The van der Waals surface area contributed by atoms with Crippen molar-refractivity contribution in [1.29, 1.82) is 0 Å². The van der Waals surface area contributed by atoms with Crippen molar-refractivity contribution in [3.63, 3.8) is 0 Å². The Hall–Kier alpha value is -2.61. The number of alkyl halides is 2. The highest BCUT2D eigenvalue weighted by atomic mass is 19.3. The number of carbonyl (C=O) groups is 1. The first-order valence-corrected chi connectivity index (χ1v) is 7.15. The number of ether oxygens (including phenoxy) is 1. The second-order valence-corrected chi connectivity index (χ2v) is 5.37. The molecule has 0 aliphatic heterocycles. The molecule has 0 saturated heterocycles. The highest BCUT2D eigenvalue weighted by Crippen LogP contribution is 2.27. The molecule has 0 aliphatic rings. The normalized spacial score (nSPS) is 13.4. The SMILES string of the molecule is Cc1c(NC(=O)NC[C@](C)(O)c2ccco2)cccc1OC(F)F. The molecular weight excluding hydrogens is 322 g/mol. The highest BCUT2D eigenvalue weighted by molar-refractivity contribution is 5.90. The summed E-state index contributed by atoms with van der Waals surface area (Å²) in [6.45, 7) is -0.00413. The Morgan fingerprint density at radius 2 is 2.12 bits per heavy atom. The molecule has 0 bridgehead atoms. The van der Waals surface area contributed by atoms with Crippen LogP contribution in [0.2, 0.25) is 0 Å². The number of furan rings is 1. The fourth-order valence-electron chi connectivity index (χ4n) is 2.06. The summed E-state index contributed by atoms with van der Waals surface area (Å²) in [7, 11) is 0. The van der Waals surface area contributed by atoms with Crippen molar-refractivity contribution in [1.82, 2.24) is 5.32 Å². The zero-order valence-electron chi connectivity index (χ0n) is 13.2. The Balaban J connectivity index is 1.98. The Morgan fingerprint density at radius 1 is 1.38 bits per heavy atom. The summed E-state index contributed by atoms with van der Waals surface area (Å²) in [6, 6.07) is 7.04. The van der Waals surface area contributed by atoms with E-state index < -0.39 is 18.2 Å². The van der Waals surface area contributed by atoms with Crippen molar-refractivity contribution < 1.29 is 27.8 Å². The fraction of sp³-hybridized carbons (Fsp3) is 0.312. The van der Waals surface area contributed by atoms with E-state index in [0.717, 1.165) is 0 Å². The van der Waals surface area contributed by atoms with Crippen LogP contribution in [-0.2, 0) is 5.60 Å². The molecule has 24 heavy (non-hydrogen) atoms. The number of benzene rings is 1. The summed E-state index contributed by atoms with van der Waals surface area (Å²) in [6.07, 6.45) is 1.42. The minimum absolute atomic E-state index is 0.0228. The third kappa shape index (κ3) is 4.45. The van der Waals surface area contributed by atoms with E-state index >= 15 is 0 Å². The lowest BCUT2D eigenvalue weighted by Gasteiger charge is -2.21. The molecule has 0 fully saturated rings. The van der Waals surface area contributed by atoms with E-state index in [9.17, 15) is 18.7 Å². The molecule has 1 atom stereocenters. The number of amides is 2. The predicted octanol–water partition coefficient (Wildman–Crippen LogP) is 3.22. The van der Waals surface area contributed by atoms with Gasteiger partial charge in [-0.1, -0.05) is 6.07 Å². The number of carbonyl (C=O) groups excluding carboxylic acids is 1. The van der Waals surface area contributed by atoms with E-state index in [0.29, 0.717) is 17.0 Å². The number of hydrogen-bond donors (Lipinski definition) is 3. The van der Waals surface area contributed by atoms with E-state index in [1.54, 1.807) is 25.1 Å². The van der Waals surface area contributed by atoms with Gasteiger partial charge in [0.25, 0.3) is 0 Å². The molecule has 8 heteroatoms. The van der Waals surface area contributed by atoms with Crippen LogP contribution in [0.15, 0.2) is 41.0 Å². The Morgan fingerprint density at radius 3 is 2.75 bits per heavy atom. The van der Waals surface area contributed by atoms with Crippen LogP contribution < -0.4 is 15.4 Å². The van der Waals surface area contributed by atoms with E-state index in [2.05, 4.69) is 15.4 Å². The van der Waals surface area contributed by atoms with Gasteiger partial charge in [-0.3, -0.25) is 0 Å². The second kappa shape index (κ2) is 7.31. The molecule has 1 aromatic heterocycles. The van der Waals surface area contributed by atoms with Crippen molar-refractivity contribution in [3.8, 4) is 5.75 Å². The summed E-state index contributed by atoms with van der Waals surface area (Å²) >= 11 is 0.